The maximum atomic E-state index is 5.33. The molecule has 250 valence electrons. The van der Waals surface area contributed by atoms with Crippen molar-refractivity contribution in [2.45, 2.75) is 19.3 Å². The highest BCUT2D eigenvalue weighted by atomic mass is 15.0. The lowest BCUT2D eigenvalue weighted by Crippen LogP contribution is -2.17. The van der Waals surface area contributed by atoms with Gasteiger partial charge in [0.1, 0.15) is 0 Å². The summed E-state index contributed by atoms with van der Waals surface area (Å²) in [6.07, 6.45) is 0. The first kappa shape index (κ1) is 29.9. The molecule has 1 aliphatic rings. The smallest absolute Gasteiger partial charge is 0.160 e. The summed E-state index contributed by atoms with van der Waals surface area (Å²) in [5.74, 6) is 0.735. The Labute approximate surface area is 307 Å². The second-order valence-electron chi connectivity index (χ2n) is 14.6. The summed E-state index contributed by atoms with van der Waals surface area (Å²) >= 11 is 0. The zero-order valence-electron chi connectivity index (χ0n) is 29.5. The Kier molecular flexibility index (Phi) is 6.27. The van der Waals surface area contributed by atoms with Gasteiger partial charge in [0.25, 0.3) is 0 Å². The zero-order valence-corrected chi connectivity index (χ0v) is 29.5. The van der Waals surface area contributed by atoms with E-state index in [0.29, 0.717) is 0 Å². The molecule has 0 N–H and O–H groups in total. The van der Waals surface area contributed by atoms with Crippen molar-refractivity contribution in [3.63, 3.8) is 0 Å². The highest BCUT2D eigenvalue weighted by Gasteiger charge is 2.40. The molecular weight excluding hydrogens is 645 g/mol. The molecule has 0 bridgehead atoms. The van der Waals surface area contributed by atoms with Gasteiger partial charge in [-0.05, 0) is 66.2 Å². The van der Waals surface area contributed by atoms with Crippen LogP contribution in [0.25, 0.3) is 88.9 Å². The monoisotopic (exact) mass is 678 g/mol. The second-order valence-corrected chi connectivity index (χ2v) is 14.6. The van der Waals surface area contributed by atoms with Crippen LogP contribution in [0.4, 0.5) is 0 Å². The van der Waals surface area contributed by atoms with Crippen molar-refractivity contribution in [3.05, 3.63) is 181 Å². The molecule has 0 unspecified atom stereocenters. The van der Waals surface area contributed by atoms with Crippen LogP contribution in [-0.2, 0) is 5.41 Å². The summed E-state index contributed by atoms with van der Waals surface area (Å²) in [5, 5.41) is 5.03. The fourth-order valence-corrected chi connectivity index (χ4v) is 8.96. The highest BCUT2D eigenvalue weighted by Crippen LogP contribution is 2.51. The van der Waals surface area contributed by atoms with E-state index in [9.17, 15) is 0 Å². The van der Waals surface area contributed by atoms with E-state index in [1.54, 1.807) is 0 Å². The van der Waals surface area contributed by atoms with Gasteiger partial charge in [0.2, 0.25) is 0 Å². The van der Waals surface area contributed by atoms with Gasteiger partial charge in [-0.2, -0.15) is 0 Å². The van der Waals surface area contributed by atoms with Crippen LogP contribution in [0.5, 0.6) is 0 Å². The van der Waals surface area contributed by atoms with Gasteiger partial charge < -0.3 is 9.13 Å². The number of aromatic nitrogens is 4. The lowest BCUT2D eigenvalue weighted by Gasteiger charge is -2.23. The highest BCUT2D eigenvalue weighted by molar-refractivity contribution is 6.28. The van der Waals surface area contributed by atoms with Crippen molar-refractivity contribution in [3.8, 4) is 45.3 Å². The van der Waals surface area contributed by atoms with Crippen molar-refractivity contribution < 1.29 is 0 Å². The average molecular weight is 679 g/mol. The Morgan fingerprint density at radius 3 is 1.57 bits per heavy atom. The summed E-state index contributed by atoms with van der Waals surface area (Å²) in [5.41, 5.74) is 14.6. The summed E-state index contributed by atoms with van der Waals surface area (Å²) in [6.45, 7) is 4.58. The van der Waals surface area contributed by atoms with Gasteiger partial charge in [0.05, 0.1) is 33.5 Å². The third kappa shape index (κ3) is 4.24. The number of para-hydroxylation sites is 3. The van der Waals surface area contributed by atoms with Gasteiger partial charge in [-0.25, -0.2) is 9.97 Å². The summed E-state index contributed by atoms with van der Waals surface area (Å²) in [7, 11) is 0. The van der Waals surface area contributed by atoms with Crippen molar-refractivity contribution in [1.29, 1.82) is 0 Å². The van der Waals surface area contributed by atoms with Gasteiger partial charge in [-0.1, -0.05) is 123 Å². The average Bonchev–Trinajstić information content (AvgIpc) is 3.81. The van der Waals surface area contributed by atoms with E-state index in [1.807, 2.05) is 0 Å². The molecule has 4 nitrogen and oxygen atoms in total. The van der Waals surface area contributed by atoms with Gasteiger partial charge in [-0.3, -0.25) is 0 Å². The molecular formula is C49H34N4. The van der Waals surface area contributed by atoms with Crippen LogP contribution in [0.3, 0.4) is 0 Å². The van der Waals surface area contributed by atoms with Gasteiger partial charge in [0.15, 0.2) is 5.82 Å². The SMILES string of the molecule is CC1(C)c2ccccc2-c2nc(-c3ccc(-n4c5ccccc5c5c6c7ccccc7n(-c7ccccc7)c6ccc54)cc3)nc(-c3ccccc3)c21. The molecule has 0 atom stereocenters. The molecule has 3 heterocycles. The predicted molar refractivity (Wildman–Crippen MR) is 219 cm³/mol. The maximum Gasteiger partial charge on any atom is 0.160 e. The third-order valence-corrected chi connectivity index (χ3v) is 11.3. The second kappa shape index (κ2) is 11.1. The summed E-state index contributed by atoms with van der Waals surface area (Å²) in [6, 6.07) is 60.9. The molecule has 0 saturated carbocycles. The van der Waals surface area contributed by atoms with Crippen LogP contribution in [0.1, 0.15) is 25.0 Å². The topological polar surface area (TPSA) is 35.6 Å². The van der Waals surface area contributed by atoms with E-state index < -0.39 is 0 Å². The molecule has 0 spiro atoms. The van der Waals surface area contributed by atoms with E-state index >= 15 is 0 Å². The number of benzene rings is 7. The van der Waals surface area contributed by atoms with Crippen LogP contribution in [-0.4, -0.2) is 19.1 Å². The molecule has 53 heavy (non-hydrogen) atoms. The van der Waals surface area contributed by atoms with E-state index in [0.717, 1.165) is 39.7 Å². The van der Waals surface area contributed by atoms with Gasteiger partial charge in [0, 0.05) is 60.6 Å². The molecule has 7 aromatic carbocycles. The van der Waals surface area contributed by atoms with Crippen molar-refractivity contribution in [1.82, 2.24) is 19.1 Å². The lowest BCUT2D eigenvalue weighted by atomic mass is 9.81. The molecule has 1 aliphatic carbocycles. The van der Waals surface area contributed by atoms with Crippen LogP contribution in [0, 0.1) is 0 Å². The fourth-order valence-electron chi connectivity index (χ4n) is 8.96. The van der Waals surface area contributed by atoms with Crippen LogP contribution >= 0.6 is 0 Å². The molecule has 0 aliphatic heterocycles. The normalized spacial score (nSPS) is 13.2. The Balaban J connectivity index is 1.11. The molecule has 0 amide bonds. The van der Waals surface area contributed by atoms with Crippen molar-refractivity contribution in [2.24, 2.45) is 0 Å². The first-order valence-electron chi connectivity index (χ1n) is 18.3. The Bertz CT molecular complexity index is 3060. The Morgan fingerprint density at radius 2 is 0.925 bits per heavy atom. The van der Waals surface area contributed by atoms with Gasteiger partial charge >= 0.3 is 0 Å². The van der Waals surface area contributed by atoms with E-state index in [4.69, 9.17) is 9.97 Å². The molecule has 0 fully saturated rings. The lowest BCUT2D eigenvalue weighted by molar-refractivity contribution is 0.658. The van der Waals surface area contributed by atoms with E-state index in [2.05, 4.69) is 193 Å². The first-order valence-corrected chi connectivity index (χ1v) is 18.3. The Hall–Kier alpha value is -6.78. The molecule has 4 heteroatoms. The first-order chi connectivity index (χ1) is 26.1. The summed E-state index contributed by atoms with van der Waals surface area (Å²) < 4.78 is 4.80. The van der Waals surface area contributed by atoms with Gasteiger partial charge in [-0.15, -0.1) is 0 Å². The van der Waals surface area contributed by atoms with Crippen LogP contribution in [0.15, 0.2) is 170 Å². The number of nitrogens with zero attached hydrogens (tertiary/aromatic N) is 4. The van der Waals surface area contributed by atoms with Crippen LogP contribution in [0.2, 0.25) is 0 Å². The van der Waals surface area contributed by atoms with E-state index in [1.165, 1.54) is 60.3 Å². The number of hydrogen-bond donors (Lipinski definition) is 0. The molecule has 0 saturated heterocycles. The van der Waals surface area contributed by atoms with Crippen molar-refractivity contribution in [2.75, 3.05) is 0 Å². The largest absolute Gasteiger partial charge is 0.309 e. The quantitative estimate of drug-likeness (QED) is 0.186. The zero-order chi connectivity index (χ0) is 35.3. The molecule has 0 radical (unpaired) electrons. The predicted octanol–water partition coefficient (Wildman–Crippen LogP) is 12.3. The molecule has 3 aromatic heterocycles. The minimum atomic E-state index is -0.213. The molecule has 10 aromatic rings. The minimum absolute atomic E-state index is 0.213. The summed E-state index contributed by atoms with van der Waals surface area (Å²) in [4.78, 5) is 10.6. The minimum Gasteiger partial charge on any atom is -0.309 e. The van der Waals surface area contributed by atoms with E-state index in [-0.39, 0.29) is 5.41 Å². The fraction of sp³-hybridized carbons (Fsp3) is 0.0612. The number of fused-ring (bicyclic) bond motifs is 10. The standard InChI is InChI=1S/C49H34N4/c1-49(2)38-22-12-9-19-35(38)47-45(49)46(31-15-5-3-6-16-31)50-48(51-47)32-25-27-34(28-26-32)53-40-24-14-11-21-37(40)44-42(53)30-29-41-43(44)36-20-10-13-23-39(36)52(41)33-17-7-4-8-18-33/h3-30H,1-2H3. The molecule has 11 rings (SSSR count). The van der Waals surface area contributed by atoms with Crippen LogP contribution < -0.4 is 0 Å². The maximum absolute atomic E-state index is 5.33. The third-order valence-electron chi connectivity index (χ3n) is 11.3. The number of hydrogen-bond acceptors (Lipinski definition) is 2. The van der Waals surface area contributed by atoms with Crippen molar-refractivity contribution >= 4 is 43.6 Å². The Morgan fingerprint density at radius 1 is 0.415 bits per heavy atom. The number of rotatable bonds is 4.